The molecule has 17 heteroatoms. The van der Waals surface area contributed by atoms with Gasteiger partial charge in [-0.1, -0.05) is 18.2 Å². The van der Waals surface area contributed by atoms with Gasteiger partial charge in [-0.25, -0.2) is 13.1 Å². The summed E-state index contributed by atoms with van der Waals surface area (Å²) >= 11 is 0. The van der Waals surface area contributed by atoms with Gasteiger partial charge in [0.05, 0.1) is 16.0 Å². The zero-order valence-corrected chi connectivity index (χ0v) is 21.1. The quantitative estimate of drug-likeness (QED) is 0.162. The standard InChI is InChI=1S/C19H22N6O8S3/c1-34(26,27)21-10-9-20-18-23-17(11-13-5-7-15(8-6-13)35(28,29)30)24-19(25-18)22-14-3-2-4-16(12-14)36(31,32)33/h2-8,12,21H,9-11H2,1H3,(H,28,29,30)(H,31,32,33)(H2,20,22,23,24,25). The highest BCUT2D eigenvalue weighted by Gasteiger charge is 2.13. The minimum atomic E-state index is -4.44. The number of anilines is 3. The molecule has 3 rings (SSSR count). The van der Waals surface area contributed by atoms with Crippen molar-refractivity contribution in [3.05, 3.63) is 59.9 Å². The van der Waals surface area contributed by atoms with Gasteiger partial charge in [-0.2, -0.15) is 31.8 Å². The molecular formula is C19H22N6O8S3. The van der Waals surface area contributed by atoms with Crippen molar-refractivity contribution in [1.29, 1.82) is 0 Å². The Bertz CT molecular complexity index is 1560. The smallest absolute Gasteiger partial charge is 0.294 e. The third-order valence-electron chi connectivity index (χ3n) is 4.43. The van der Waals surface area contributed by atoms with Gasteiger partial charge in [0.25, 0.3) is 20.2 Å². The van der Waals surface area contributed by atoms with Crippen molar-refractivity contribution >= 4 is 47.8 Å². The number of rotatable bonds is 11. The van der Waals surface area contributed by atoms with Gasteiger partial charge in [0.15, 0.2) is 0 Å². The van der Waals surface area contributed by atoms with E-state index in [4.69, 9.17) is 4.55 Å². The first-order chi connectivity index (χ1) is 16.7. The largest absolute Gasteiger partial charge is 0.353 e. The van der Waals surface area contributed by atoms with Crippen LogP contribution in [0.25, 0.3) is 0 Å². The molecular weight excluding hydrogens is 536 g/mol. The number of benzene rings is 2. The van der Waals surface area contributed by atoms with Gasteiger partial charge in [0.1, 0.15) is 5.82 Å². The molecule has 2 aromatic carbocycles. The van der Waals surface area contributed by atoms with E-state index in [1.54, 1.807) is 0 Å². The fourth-order valence-corrected chi connectivity index (χ4v) is 4.35. The number of hydrogen-bond acceptors (Lipinski definition) is 11. The fraction of sp³-hybridized carbons (Fsp3) is 0.211. The topological polar surface area (TPSA) is 218 Å². The molecule has 0 aliphatic heterocycles. The van der Waals surface area contributed by atoms with Crippen LogP contribution in [-0.2, 0) is 36.7 Å². The van der Waals surface area contributed by atoms with Gasteiger partial charge in [-0.15, -0.1) is 0 Å². The SMILES string of the molecule is CS(=O)(=O)NCCNc1nc(Cc2ccc(S(=O)(=O)O)cc2)nc(Nc2cccc(S(=O)(=O)O)c2)n1. The molecule has 0 amide bonds. The van der Waals surface area contributed by atoms with E-state index in [1.807, 2.05) is 0 Å². The van der Waals surface area contributed by atoms with Crippen LogP contribution in [0.4, 0.5) is 17.6 Å². The Morgan fingerprint density at radius 2 is 1.42 bits per heavy atom. The lowest BCUT2D eigenvalue weighted by molar-refractivity contribution is 0.481. The number of nitrogens with one attached hydrogen (secondary N) is 3. The molecule has 0 radical (unpaired) electrons. The van der Waals surface area contributed by atoms with E-state index in [9.17, 15) is 29.8 Å². The second-order valence-corrected chi connectivity index (χ2v) is 12.1. The summed E-state index contributed by atoms with van der Waals surface area (Å²) in [5, 5.41) is 5.68. The predicted octanol–water partition coefficient (Wildman–Crippen LogP) is 0.661. The van der Waals surface area contributed by atoms with E-state index in [1.165, 1.54) is 48.5 Å². The second kappa shape index (κ2) is 10.8. The van der Waals surface area contributed by atoms with Crippen molar-refractivity contribution < 1.29 is 34.4 Å². The molecule has 0 saturated carbocycles. The van der Waals surface area contributed by atoms with Crippen LogP contribution in [0.2, 0.25) is 0 Å². The number of nitrogens with zero attached hydrogens (tertiary/aromatic N) is 3. The number of hydrogen-bond donors (Lipinski definition) is 5. The zero-order valence-electron chi connectivity index (χ0n) is 18.7. The Morgan fingerprint density at radius 1 is 0.778 bits per heavy atom. The molecule has 0 spiro atoms. The maximum absolute atomic E-state index is 11.4. The first-order valence-electron chi connectivity index (χ1n) is 10.0. The van der Waals surface area contributed by atoms with Crippen molar-refractivity contribution in [3.63, 3.8) is 0 Å². The minimum absolute atomic E-state index is 0.0145. The number of aromatic nitrogens is 3. The van der Waals surface area contributed by atoms with E-state index < -0.39 is 30.3 Å². The first-order valence-corrected chi connectivity index (χ1v) is 14.8. The highest BCUT2D eigenvalue weighted by molar-refractivity contribution is 7.88. The Balaban J connectivity index is 1.87. The average Bonchev–Trinajstić information content (AvgIpc) is 2.75. The average molecular weight is 559 g/mol. The lowest BCUT2D eigenvalue weighted by atomic mass is 10.1. The van der Waals surface area contributed by atoms with Crippen LogP contribution >= 0.6 is 0 Å². The summed E-state index contributed by atoms with van der Waals surface area (Å²) < 4.78 is 88.5. The van der Waals surface area contributed by atoms with E-state index in [0.717, 1.165) is 6.26 Å². The summed E-state index contributed by atoms with van der Waals surface area (Å²) in [6.07, 6.45) is 1.15. The monoisotopic (exact) mass is 558 g/mol. The number of sulfonamides is 1. The summed E-state index contributed by atoms with van der Waals surface area (Å²) in [7, 11) is -12.2. The van der Waals surface area contributed by atoms with Crippen LogP contribution in [0.5, 0.6) is 0 Å². The molecule has 3 aromatic rings. The zero-order chi connectivity index (χ0) is 26.6. The predicted molar refractivity (Wildman–Crippen MR) is 130 cm³/mol. The maximum atomic E-state index is 11.4. The lowest BCUT2D eigenvalue weighted by Gasteiger charge is -2.11. The molecule has 5 N–H and O–H groups in total. The molecule has 194 valence electrons. The van der Waals surface area contributed by atoms with Crippen molar-refractivity contribution in [2.75, 3.05) is 30.0 Å². The molecule has 0 atom stereocenters. The lowest BCUT2D eigenvalue weighted by Crippen LogP contribution is -2.28. The second-order valence-electron chi connectivity index (χ2n) is 7.42. The fourth-order valence-electron chi connectivity index (χ4n) is 2.87. The van der Waals surface area contributed by atoms with Crippen LogP contribution in [0.3, 0.4) is 0 Å². The third-order valence-corrected chi connectivity index (χ3v) is 6.87. The van der Waals surface area contributed by atoms with Crippen LogP contribution < -0.4 is 15.4 Å². The molecule has 0 saturated heterocycles. The Kier molecular flexibility index (Phi) is 8.22. The Labute approximate surface area is 207 Å². The van der Waals surface area contributed by atoms with Crippen LogP contribution in [0, 0.1) is 0 Å². The van der Waals surface area contributed by atoms with Crippen molar-refractivity contribution in [1.82, 2.24) is 19.7 Å². The van der Waals surface area contributed by atoms with Crippen molar-refractivity contribution in [2.24, 2.45) is 0 Å². The third kappa shape index (κ3) is 8.47. The summed E-state index contributed by atoms with van der Waals surface area (Å²) in [6, 6.07) is 10.7. The van der Waals surface area contributed by atoms with Crippen LogP contribution in [0.15, 0.2) is 58.3 Å². The van der Waals surface area contributed by atoms with Crippen LogP contribution in [0.1, 0.15) is 11.4 Å². The Morgan fingerprint density at radius 3 is 2.03 bits per heavy atom. The van der Waals surface area contributed by atoms with Gasteiger partial charge < -0.3 is 10.6 Å². The molecule has 0 fully saturated rings. The molecule has 0 aliphatic rings. The Hall–Kier alpha value is -3.22. The van der Waals surface area contributed by atoms with E-state index in [0.29, 0.717) is 5.56 Å². The highest BCUT2D eigenvalue weighted by atomic mass is 32.2. The summed E-state index contributed by atoms with van der Waals surface area (Å²) in [6.45, 7) is 0.188. The summed E-state index contributed by atoms with van der Waals surface area (Å²) in [4.78, 5) is 12.1. The molecule has 0 aliphatic carbocycles. The first kappa shape index (κ1) is 27.4. The summed E-state index contributed by atoms with van der Waals surface area (Å²) in [5.74, 6) is 0.329. The van der Waals surface area contributed by atoms with Gasteiger partial charge in [-0.3, -0.25) is 9.11 Å². The van der Waals surface area contributed by atoms with Crippen molar-refractivity contribution in [2.45, 2.75) is 16.2 Å². The molecule has 36 heavy (non-hydrogen) atoms. The molecule has 1 aromatic heterocycles. The van der Waals surface area contributed by atoms with Gasteiger partial charge in [-0.05, 0) is 35.9 Å². The normalized spacial score (nSPS) is 12.3. The molecule has 0 bridgehead atoms. The highest BCUT2D eigenvalue weighted by Crippen LogP contribution is 2.20. The van der Waals surface area contributed by atoms with Gasteiger partial charge >= 0.3 is 0 Å². The van der Waals surface area contributed by atoms with E-state index in [2.05, 4.69) is 30.3 Å². The van der Waals surface area contributed by atoms with E-state index >= 15 is 0 Å². The molecule has 14 nitrogen and oxygen atoms in total. The van der Waals surface area contributed by atoms with Crippen LogP contribution in [-0.4, -0.2) is 68.7 Å². The summed E-state index contributed by atoms with van der Waals surface area (Å²) in [5.41, 5.74) is 0.863. The van der Waals surface area contributed by atoms with Gasteiger partial charge in [0.2, 0.25) is 21.9 Å². The molecule has 1 heterocycles. The van der Waals surface area contributed by atoms with E-state index in [-0.39, 0.29) is 52.7 Å². The van der Waals surface area contributed by atoms with Gasteiger partial charge in [0, 0.05) is 25.2 Å². The van der Waals surface area contributed by atoms with Crippen molar-refractivity contribution in [3.8, 4) is 0 Å². The maximum Gasteiger partial charge on any atom is 0.294 e. The molecule has 0 unspecified atom stereocenters. The minimum Gasteiger partial charge on any atom is -0.353 e.